The maximum absolute atomic E-state index is 11.9. The number of amides is 1. The van der Waals surface area contributed by atoms with Crippen molar-refractivity contribution in [2.75, 3.05) is 24.6 Å². The Morgan fingerprint density at radius 3 is 2.33 bits per heavy atom. The van der Waals surface area contributed by atoms with E-state index in [-0.39, 0.29) is 5.91 Å². The van der Waals surface area contributed by atoms with E-state index in [1.165, 1.54) is 6.08 Å². The highest BCUT2D eigenvalue weighted by atomic mass is 32.2. The number of sulfonamides is 1. The number of carbonyl (C=O) groups excluding carboxylic acids is 1. The number of anilines is 1. The average molecular weight is 310 g/mol. The van der Waals surface area contributed by atoms with Crippen LogP contribution in [0, 0.1) is 5.92 Å². The predicted molar refractivity (Wildman–Crippen MR) is 86.4 cm³/mol. The maximum Gasteiger partial charge on any atom is 0.246 e. The average Bonchev–Trinajstić information content (AvgIpc) is 2.35. The molecule has 0 aliphatic heterocycles. The van der Waals surface area contributed by atoms with Crippen LogP contribution in [-0.4, -0.2) is 39.1 Å². The molecule has 21 heavy (non-hydrogen) atoms. The Hall–Kier alpha value is -1.82. The molecule has 1 N–H and O–H groups in total. The molecule has 0 saturated carbocycles. The van der Waals surface area contributed by atoms with Crippen molar-refractivity contribution >= 4 is 27.7 Å². The predicted octanol–water partition coefficient (Wildman–Crippen LogP) is 2.19. The molecule has 0 atom stereocenters. The minimum atomic E-state index is -3.27. The molecule has 0 bridgehead atoms. The first kappa shape index (κ1) is 17.2. The molecule has 0 aliphatic carbocycles. The molecular weight excluding hydrogens is 288 g/mol. The minimum absolute atomic E-state index is 0.0537. The van der Waals surface area contributed by atoms with E-state index in [1.54, 1.807) is 42.3 Å². The van der Waals surface area contributed by atoms with E-state index in [0.717, 1.165) is 11.8 Å². The van der Waals surface area contributed by atoms with Crippen molar-refractivity contribution in [1.82, 2.24) is 4.90 Å². The molecule has 0 aromatic heterocycles. The first-order valence-corrected chi connectivity index (χ1v) is 8.57. The van der Waals surface area contributed by atoms with E-state index in [1.807, 2.05) is 0 Å². The summed E-state index contributed by atoms with van der Waals surface area (Å²) >= 11 is 0. The van der Waals surface area contributed by atoms with Crippen LogP contribution in [0.1, 0.15) is 19.4 Å². The number of likely N-dealkylation sites (N-methyl/N-ethyl adjacent to an activating group) is 1. The van der Waals surface area contributed by atoms with Crippen LogP contribution in [0.5, 0.6) is 0 Å². The van der Waals surface area contributed by atoms with Gasteiger partial charge < -0.3 is 4.90 Å². The van der Waals surface area contributed by atoms with E-state index in [2.05, 4.69) is 18.6 Å². The van der Waals surface area contributed by atoms with Crippen LogP contribution in [0.25, 0.3) is 6.08 Å². The van der Waals surface area contributed by atoms with Gasteiger partial charge in [0.15, 0.2) is 0 Å². The Labute approximate surface area is 126 Å². The topological polar surface area (TPSA) is 66.5 Å². The van der Waals surface area contributed by atoms with Crippen molar-refractivity contribution in [1.29, 1.82) is 0 Å². The molecule has 1 rings (SSSR count). The summed E-state index contributed by atoms with van der Waals surface area (Å²) in [7, 11) is -1.50. The minimum Gasteiger partial charge on any atom is -0.342 e. The molecule has 116 valence electrons. The smallest absolute Gasteiger partial charge is 0.246 e. The lowest BCUT2D eigenvalue weighted by Crippen LogP contribution is -2.28. The molecular formula is C15H22N2O3S. The zero-order valence-electron chi connectivity index (χ0n) is 12.8. The highest BCUT2D eigenvalue weighted by Crippen LogP contribution is 2.12. The summed E-state index contributed by atoms with van der Waals surface area (Å²) < 4.78 is 24.6. The molecule has 6 heteroatoms. The van der Waals surface area contributed by atoms with Gasteiger partial charge in [-0.05, 0) is 29.7 Å². The van der Waals surface area contributed by atoms with Crippen LogP contribution in [0.2, 0.25) is 0 Å². The van der Waals surface area contributed by atoms with E-state index >= 15 is 0 Å². The van der Waals surface area contributed by atoms with Gasteiger partial charge in [0.25, 0.3) is 0 Å². The van der Waals surface area contributed by atoms with Gasteiger partial charge in [0.2, 0.25) is 15.9 Å². The summed E-state index contributed by atoms with van der Waals surface area (Å²) in [5, 5.41) is 0. The third-order valence-electron chi connectivity index (χ3n) is 2.65. The highest BCUT2D eigenvalue weighted by molar-refractivity contribution is 7.92. The monoisotopic (exact) mass is 310 g/mol. The molecule has 0 aliphatic rings. The summed E-state index contributed by atoms with van der Waals surface area (Å²) in [6.45, 7) is 4.82. The zero-order valence-corrected chi connectivity index (χ0v) is 13.6. The molecule has 5 nitrogen and oxygen atoms in total. The van der Waals surface area contributed by atoms with Crippen molar-refractivity contribution in [3.05, 3.63) is 35.9 Å². The van der Waals surface area contributed by atoms with E-state index < -0.39 is 10.0 Å². The van der Waals surface area contributed by atoms with E-state index in [0.29, 0.717) is 18.2 Å². The fourth-order valence-corrected chi connectivity index (χ4v) is 2.37. The Kier molecular flexibility index (Phi) is 5.96. The summed E-state index contributed by atoms with van der Waals surface area (Å²) in [4.78, 5) is 13.5. The number of hydrogen-bond donors (Lipinski definition) is 1. The number of carbonyl (C=O) groups is 1. The van der Waals surface area contributed by atoms with E-state index in [4.69, 9.17) is 0 Å². The van der Waals surface area contributed by atoms with Crippen LogP contribution < -0.4 is 4.72 Å². The fourth-order valence-electron chi connectivity index (χ4n) is 1.81. The maximum atomic E-state index is 11.9. The standard InChI is InChI=1S/C15H22N2O3S/c1-12(2)11-17(3)15(18)10-7-13-5-8-14(9-6-13)16-21(4,19)20/h5-10,12,16H,11H2,1-4H3/b10-7+. The lowest BCUT2D eigenvalue weighted by Gasteiger charge is -2.17. The molecule has 0 saturated heterocycles. The number of hydrogen-bond acceptors (Lipinski definition) is 3. The third-order valence-corrected chi connectivity index (χ3v) is 3.25. The lowest BCUT2D eigenvalue weighted by atomic mass is 10.2. The van der Waals surface area contributed by atoms with Gasteiger partial charge in [-0.15, -0.1) is 0 Å². The number of rotatable bonds is 6. The SMILES string of the molecule is CC(C)CN(C)C(=O)/C=C/c1ccc(NS(C)(=O)=O)cc1. The molecule has 0 fully saturated rings. The number of nitrogens with one attached hydrogen (secondary N) is 1. The van der Waals surface area contributed by atoms with Gasteiger partial charge in [0.05, 0.1) is 6.26 Å². The molecule has 0 radical (unpaired) electrons. The van der Waals surface area contributed by atoms with Gasteiger partial charge in [-0.2, -0.15) is 0 Å². The van der Waals surface area contributed by atoms with Gasteiger partial charge >= 0.3 is 0 Å². The second-order valence-corrected chi connectivity index (χ2v) is 7.19. The normalized spacial score (nSPS) is 11.9. The van der Waals surface area contributed by atoms with Crippen molar-refractivity contribution < 1.29 is 13.2 Å². The second kappa shape index (κ2) is 7.26. The van der Waals surface area contributed by atoms with Gasteiger partial charge in [-0.3, -0.25) is 9.52 Å². The zero-order chi connectivity index (χ0) is 16.0. The molecule has 0 heterocycles. The number of nitrogens with zero attached hydrogens (tertiary/aromatic N) is 1. The summed E-state index contributed by atoms with van der Waals surface area (Å²) in [5.74, 6) is 0.371. The fraction of sp³-hybridized carbons (Fsp3) is 0.400. The first-order chi connectivity index (χ1) is 9.67. The quantitative estimate of drug-likeness (QED) is 0.819. The molecule has 0 spiro atoms. The molecule has 1 amide bonds. The van der Waals surface area contributed by atoms with E-state index in [9.17, 15) is 13.2 Å². The van der Waals surface area contributed by atoms with Gasteiger partial charge in [0.1, 0.15) is 0 Å². The van der Waals surface area contributed by atoms with Crippen molar-refractivity contribution in [3.8, 4) is 0 Å². The second-order valence-electron chi connectivity index (χ2n) is 5.44. The lowest BCUT2D eigenvalue weighted by molar-refractivity contribution is -0.125. The third kappa shape index (κ3) is 6.94. The summed E-state index contributed by atoms with van der Waals surface area (Å²) in [5.41, 5.74) is 1.33. The Bertz CT molecular complexity index is 604. The van der Waals surface area contributed by atoms with Gasteiger partial charge in [-0.25, -0.2) is 8.42 Å². The Morgan fingerprint density at radius 1 is 1.29 bits per heavy atom. The molecule has 0 unspecified atom stereocenters. The van der Waals surface area contributed by atoms with Crippen LogP contribution in [-0.2, 0) is 14.8 Å². The van der Waals surface area contributed by atoms with Crippen LogP contribution in [0.4, 0.5) is 5.69 Å². The largest absolute Gasteiger partial charge is 0.342 e. The Balaban J connectivity index is 2.67. The Morgan fingerprint density at radius 2 is 1.86 bits per heavy atom. The molecule has 1 aromatic carbocycles. The van der Waals surface area contributed by atoms with Crippen LogP contribution in [0.3, 0.4) is 0 Å². The summed E-state index contributed by atoms with van der Waals surface area (Å²) in [6, 6.07) is 6.81. The number of benzene rings is 1. The van der Waals surface area contributed by atoms with Gasteiger partial charge in [-0.1, -0.05) is 26.0 Å². The van der Waals surface area contributed by atoms with Crippen LogP contribution >= 0.6 is 0 Å². The van der Waals surface area contributed by atoms with Crippen molar-refractivity contribution in [3.63, 3.8) is 0 Å². The molecule has 1 aromatic rings. The van der Waals surface area contributed by atoms with Crippen molar-refractivity contribution in [2.45, 2.75) is 13.8 Å². The highest BCUT2D eigenvalue weighted by Gasteiger charge is 2.06. The van der Waals surface area contributed by atoms with Crippen LogP contribution in [0.15, 0.2) is 30.3 Å². The van der Waals surface area contributed by atoms with Crippen molar-refractivity contribution in [2.24, 2.45) is 5.92 Å². The summed E-state index contributed by atoms with van der Waals surface area (Å²) in [6.07, 6.45) is 4.33. The van der Waals surface area contributed by atoms with Gasteiger partial charge in [0, 0.05) is 25.4 Å². The first-order valence-electron chi connectivity index (χ1n) is 6.68.